The van der Waals surface area contributed by atoms with Crippen molar-refractivity contribution >= 4 is 5.97 Å². The first kappa shape index (κ1) is 13.2. The van der Waals surface area contributed by atoms with Gasteiger partial charge < -0.3 is 4.74 Å². The Hall–Kier alpha value is -0.790. The topological polar surface area (TPSA) is 26.3 Å². The van der Waals surface area contributed by atoms with Gasteiger partial charge in [-0.2, -0.15) is 0 Å². The highest BCUT2D eigenvalue weighted by Gasteiger charge is 2.52. The highest BCUT2D eigenvalue weighted by molar-refractivity contribution is 5.74. The van der Waals surface area contributed by atoms with Crippen molar-refractivity contribution in [3.8, 4) is 0 Å². The molecule has 0 N–H and O–H groups in total. The van der Waals surface area contributed by atoms with Gasteiger partial charge in [0.25, 0.3) is 0 Å². The van der Waals surface area contributed by atoms with Gasteiger partial charge in [-0.05, 0) is 68.8 Å². The summed E-state index contributed by atoms with van der Waals surface area (Å²) >= 11 is 0. The van der Waals surface area contributed by atoms with Crippen LogP contribution in [0, 0.1) is 29.6 Å². The molecule has 0 aromatic carbocycles. The van der Waals surface area contributed by atoms with Crippen LogP contribution in [0.1, 0.15) is 52.9 Å². The van der Waals surface area contributed by atoms with Crippen LogP contribution in [0.2, 0.25) is 0 Å². The van der Waals surface area contributed by atoms with Gasteiger partial charge in [-0.25, -0.2) is 0 Å². The van der Waals surface area contributed by atoms with Crippen LogP contribution in [0.5, 0.6) is 0 Å². The molecule has 0 amide bonds. The first-order valence-electron chi connectivity index (χ1n) is 7.91. The number of ether oxygens (including phenoxy) is 1. The predicted octanol–water partition coefficient (Wildman–Crippen LogP) is 3.96. The standard InChI is InChI=1S/C17H26O2/c1-11-12(2)14-9-13(11)10-15(14)16(18)19-17(3)7-5-4-6-8-17/h5,7,11-15H,4,6,8-10H2,1-3H3. The average Bonchev–Trinajstić information content (AvgIpc) is 2.91. The Morgan fingerprint density at radius 2 is 2.05 bits per heavy atom. The summed E-state index contributed by atoms with van der Waals surface area (Å²) in [6.07, 6.45) is 9.78. The van der Waals surface area contributed by atoms with E-state index in [1.54, 1.807) is 0 Å². The smallest absolute Gasteiger partial charge is 0.310 e. The zero-order valence-electron chi connectivity index (χ0n) is 12.4. The summed E-state index contributed by atoms with van der Waals surface area (Å²) in [6, 6.07) is 0. The lowest BCUT2D eigenvalue weighted by Crippen LogP contribution is -2.37. The van der Waals surface area contributed by atoms with Crippen LogP contribution in [-0.2, 0) is 9.53 Å². The first-order chi connectivity index (χ1) is 9.00. The fraction of sp³-hybridized carbons (Fsp3) is 0.824. The Kier molecular flexibility index (Phi) is 3.23. The Bertz CT molecular complexity index is 398. The van der Waals surface area contributed by atoms with E-state index in [4.69, 9.17) is 4.74 Å². The van der Waals surface area contributed by atoms with E-state index >= 15 is 0 Å². The molecule has 0 saturated heterocycles. The second-order valence-corrected chi connectivity index (χ2v) is 7.25. The van der Waals surface area contributed by atoms with Crippen molar-refractivity contribution in [3.05, 3.63) is 12.2 Å². The third-order valence-corrected chi connectivity index (χ3v) is 6.05. The van der Waals surface area contributed by atoms with Crippen molar-refractivity contribution in [1.82, 2.24) is 0 Å². The summed E-state index contributed by atoms with van der Waals surface area (Å²) in [4.78, 5) is 12.5. The molecule has 2 saturated carbocycles. The number of allylic oxidation sites excluding steroid dienone is 1. The molecule has 6 unspecified atom stereocenters. The molecule has 0 aromatic heterocycles. The van der Waals surface area contributed by atoms with Gasteiger partial charge in [0.05, 0.1) is 5.92 Å². The van der Waals surface area contributed by atoms with Gasteiger partial charge in [0.1, 0.15) is 5.60 Å². The Balaban J connectivity index is 1.66. The minimum Gasteiger partial charge on any atom is -0.455 e. The van der Waals surface area contributed by atoms with Gasteiger partial charge in [-0.1, -0.05) is 19.9 Å². The summed E-state index contributed by atoms with van der Waals surface area (Å²) < 4.78 is 5.87. The van der Waals surface area contributed by atoms with E-state index in [2.05, 4.69) is 32.9 Å². The summed E-state index contributed by atoms with van der Waals surface area (Å²) in [5, 5.41) is 0. The summed E-state index contributed by atoms with van der Waals surface area (Å²) in [7, 11) is 0. The monoisotopic (exact) mass is 262 g/mol. The number of carbonyl (C=O) groups is 1. The fourth-order valence-electron chi connectivity index (χ4n) is 4.59. The molecule has 3 aliphatic rings. The first-order valence-corrected chi connectivity index (χ1v) is 7.91. The molecule has 106 valence electrons. The van der Waals surface area contributed by atoms with Crippen molar-refractivity contribution in [2.45, 2.75) is 58.5 Å². The molecule has 0 aliphatic heterocycles. The van der Waals surface area contributed by atoms with Crippen LogP contribution >= 0.6 is 0 Å². The third-order valence-electron chi connectivity index (χ3n) is 6.05. The van der Waals surface area contributed by atoms with Crippen LogP contribution in [0.25, 0.3) is 0 Å². The molecule has 2 bridgehead atoms. The highest BCUT2D eigenvalue weighted by atomic mass is 16.6. The van der Waals surface area contributed by atoms with Crippen LogP contribution in [0.3, 0.4) is 0 Å². The van der Waals surface area contributed by atoms with Gasteiger partial charge in [-0.15, -0.1) is 0 Å². The van der Waals surface area contributed by atoms with Crippen LogP contribution < -0.4 is 0 Å². The molecule has 2 heteroatoms. The van der Waals surface area contributed by atoms with Gasteiger partial charge in [0.2, 0.25) is 0 Å². The van der Waals surface area contributed by atoms with E-state index in [1.807, 2.05) is 0 Å². The minimum absolute atomic E-state index is 0.0697. The molecule has 2 nitrogen and oxygen atoms in total. The number of esters is 1. The molecule has 19 heavy (non-hydrogen) atoms. The number of rotatable bonds is 2. The van der Waals surface area contributed by atoms with Crippen molar-refractivity contribution < 1.29 is 9.53 Å². The van der Waals surface area contributed by atoms with Crippen LogP contribution in [0.4, 0.5) is 0 Å². The van der Waals surface area contributed by atoms with Gasteiger partial charge in [0, 0.05) is 0 Å². The molecule has 0 aromatic rings. The third kappa shape index (κ3) is 2.23. The van der Waals surface area contributed by atoms with E-state index in [1.165, 1.54) is 6.42 Å². The Morgan fingerprint density at radius 3 is 2.63 bits per heavy atom. The van der Waals surface area contributed by atoms with E-state index in [0.717, 1.165) is 37.5 Å². The normalized spacial score (nSPS) is 48.5. The molecule has 0 heterocycles. The van der Waals surface area contributed by atoms with E-state index in [-0.39, 0.29) is 17.5 Å². The molecular weight excluding hydrogens is 236 g/mol. The number of fused-ring (bicyclic) bond motifs is 2. The number of carbonyl (C=O) groups excluding carboxylic acids is 1. The van der Waals surface area contributed by atoms with Crippen LogP contribution in [-0.4, -0.2) is 11.6 Å². The minimum atomic E-state index is -0.341. The SMILES string of the molecule is CC1C2CC(C(=O)OC3(C)C=CCCC3)C(C2)C1C. The summed E-state index contributed by atoms with van der Waals surface area (Å²) in [5.74, 6) is 3.05. The number of hydrogen-bond donors (Lipinski definition) is 0. The van der Waals surface area contributed by atoms with Crippen molar-refractivity contribution in [2.75, 3.05) is 0 Å². The van der Waals surface area contributed by atoms with Gasteiger partial charge in [0.15, 0.2) is 0 Å². The molecule has 3 rings (SSSR count). The lowest BCUT2D eigenvalue weighted by molar-refractivity contribution is -0.162. The second kappa shape index (κ2) is 4.64. The van der Waals surface area contributed by atoms with Gasteiger partial charge >= 0.3 is 5.97 Å². The summed E-state index contributed by atoms with van der Waals surface area (Å²) in [6.45, 7) is 6.72. The molecule has 0 spiro atoms. The fourth-order valence-corrected chi connectivity index (χ4v) is 4.59. The van der Waals surface area contributed by atoms with Crippen molar-refractivity contribution in [2.24, 2.45) is 29.6 Å². The largest absolute Gasteiger partial charge is 0.455 e. The maximum absolute atomic E-state index is 12.5. The maximum atomic E-state index is 12.5. The Morgan fingerprint density at radius 1 is 1.26 bits per heavy atom. The predicted molar refractivity (Wildman–Crippen MR) is 75.5 cm³/mol. The van der Waals surface area contributed by atoms with Crippen LogP contribution in [0.15, 0.2) is 12.2 Å². The van der Waals surface area contributed by atoms with Crippen molar-refractivity contribution in [3.63, 3.8) is 0 Å². The second-order valence-electron chi connectivity index (χ2n) is 7.25. The molecule has 2 fully saturated rings. The Labute approximate surface area is 116 Å². The van der Waals surface area contributed by atoms with E-state index in [0.29, 0.717) is 11.8 Å². The average molecular weight is 262 g/mol. The molecule has 0 radical (unpaired) electrons. The molecule has 3 aliphatic carbocycles. The zero-order chi connectivity index (χ0) is 13.6. The number of hydrogen-bond acceptors (Lipinski definition) is 2. The summed E-state index contributed by atoms with van der Waals surface area (Å²) in [5.41, 5.74) is -0.341. The van der Waals surface area contributed by atoms with E-state index in [9.17, 15) is 4.79 Å². The van der Waals surface area contributed by atoms with Gasteiger partial charge in [-0.3, -0.25) is 4.79 Å². The lowest BCUT2D eigenvalue weighted by Gasteiger charge is -2.34. The maximum Gasteiger partial charge on any atom is 0.310 e. The van der Waals surface area contributed by atoms with Crippen molar-refractivity contribution in [1.29, 1.82) is 0 Å². The quantitative estimate of drug-likeness (QED) is 0.556. The van der Waals surface area contributed by atoms with E-state index < -0.39 is 0 Å². The zero-order valence-corrected chi connectivity index (χ0v) is 12.4. The lowest BCUT2D eigenvalue weighted by atomic mass is 9.75. The highest BCUT2D eigenvalue weighted by Crippen LogP contribution is 2.55. The molecule has 6 atom stereocenters. The molecular formula is C17H26O2.